The number of nitrogens with one attached hydrogen (secondary N) is 1. The van der Waals surface area contributed by atoms with Crippen LogP contribution in [0.1, 0.15) is 26.5 Å². The van der Waals surface area contributed by atoms with Gasteiger partial charge >= 0.3 is 5.97 Å². The monoisotopic (exact) mass is 277 g/mol. The molecule has 0 bridgehead atoms. The van der Waals surface area contributed by atoms with E-state index in [4.69, 9.17) is 16.7 Å². The first-order chi connectivity index (χ1) is 9.09. The van der Waals surface area contributed by atoms with Gasteiger partial charge in [-0.3, -0.25) is 9.36 Å². The molecule has 0 fully saturated rings. The fraction of sp³-hybridized carbons (Fsp3) is 0.0833. The first-order valence-corrected chi connectivity index (χ1v) is 5.84. The van der Waals surface area contributed by atoms with E-state index in [-0.39, 0.29) is 18.1 Å². The largest absolute Gasteiger partial charge is 0.476 e. The fourth-order valence-electron chi connectivity index (χ4n) is 2.12. The van der Waals surface area contributed by atoms with E-state index in [1.54, 1.807) is 22.8 Å². The summed E-state index contributed by atoms with van der Waals surface area (Å²) in [5.41, 5.74) is 1.18. The van der Waals surface area contributed by atoms with Crippen molar-refractivity contribution in [1.82, 2.24) is 14.9 Å². The van der Waals surface area contributed by atoms with Gasteiger partial charge in [0.2, 0.25) is 0 Å². The Labute approximate surface area is 112 Å². The van der Waals surface area contributed by atoms with E-state index >= 15 is 0 Å². The number of imidazole rings is 1. The second-order valence-electron chi connectivity index (χ2n) is 4.03. The maximum Gasteiger partial charge on any atom is 0.356 e. The highest BCUT2D eigenvalue weighted by atomic mass is 35.5. The molecule has 1 aromatic carbocycles. The number of aromatic carboxylic acids is 1. The summed E-state index contributed by atoms with van der Waals surface area (Å²) < 4.78 is 1.57. The minimum atomic E-state index is -1.13. The predicted octanol–water partition coefficient (Wildman–Crippen LogP) is 1.47. The molecular formula is C12H8ClN3O3. The number of halogens is 1. The topological polar surface area (TPSA) is 84.2 Å². The third kappa shape index (κ3) is 1.68. The number of aromatic nitrogens is 2. The summed E-state index contributed by atoms with van der Waals surface area (Å²) in [7, 11) is 0. The van der Waals surface area contributed by atoms with E-state index in [9.17, 15) is 9.59 Å². The van der Waals surface area contributed by atoms with Gasteiger partial charge in [0.1, 0.15) is 6.33 Å². The number of hydrogen-bond acceptors (Lipinski definition) is 3. The van der Waals surface area contributed by atoms with Crippen molar-refractivity contribution in [3.05, 3.63) is 46.5 Å². The van der Waals surface area contributed by atoms with Crippen molar-refractivity contribution in [3.63, 3.8) is 0 Å². The summed E-state index contributed by atoms with van der Waals surface area (Å²) in [5, 5.41) is 12.0. The van der Waals surface area contributed by atoms with Gasteiger partial charge in [-0.2, -0.15) is 0 Å². The van der Waals surface area contributed by atoms with Gasteiger partial charge < -0.3 is 10.4 Å². The van der Waals surface area contributed by atoms with Crippen molar-refractivity contribution in [2.45, 2.75) is 6.54 Å². The Morgan fingerprint density at radius 3 is 3.00 bits per heavy atom. The molecule has 19 heavy (non-hydrogen) atoms. The zero-order valence-corrected chi connectivity index (χ0v) is 10.3. The van der Waals surface area contributed by atoms with Crippen molar-refractivity contribution in [2.24, 2.45) is 0 Å². The van der Waals surface area contributed by atoms with Gasteiger partial charge in [0.15, 0.2) is 5.69 Å². The van der Waals surface area contributed by atoms with E-state index in [1.807, 2.05) is 0 Å². The van der Waals surface area contributed by atoms with Crippen LogP contribution in [0.4, 0.5) is 0 Å². The highest BCUT2D eigenvalue weighted by Gasteiger charge is 2.26. The summed E-state index contributed by atoms with van der Waals surface area (Å²) in [6, 6.07) is 5.01. The van der Waals surface area contributed by atoms with Gasteiger partial charge in [-0.25, -0.2) is 9.78 Å². The Morgan fingerprint density at radius 1 is 1.47 bits per heavy atom. The van der Waals surface area contributed by atoms with Gasteiger partial charge in [-0.05, 0) is 12.1 Å². The molecule has 1 amide bonds. The number of fused-ring (bicyclic) bond motifs is 3. The second kappa shape index (κ2) is 4.10. The van der Waals surface area contributed by atoms with Crippen molar-refractivity contribution in [3.8, 4) is 5.69 Å². The number of carbonyl (C=O) groups excluding carboxylic acids is 1. The van der Waals surface area contributed by atoms with Gasteiger partial charge in [0, 0.05) is 0 Å². The first-order valence-electron chi connectivity index (χ1n) is 5.46. The van der Waals surface area contributed by atoms with Crippen LogP contribution < -0.4 is 5.32 Å². The van der Waals surface area contributed by atoms with E-state index in [0.29, 0.717) is 22.0 Å². The molecule has 2 aromatic rings. The molecule has 0 spiro atoms. The van der Waals surface area contributed by atoms with Gasteiger partial charge in [0.05, 0.1) is 28.5 Å². The fourth-order valence-corrected chi connectivity index (χ4v) is 2.37. The van der Waals surface area contributed by atoms with Crippen molar-refractivity contribution in [2.75, 3.05) is 0 Å². The maximum absolute atomic E-state index is 12.0. The molecule has 0 saturated heterocycles. The number of benzene rings is 1. The lowest BCUT2D eigenvalue weighted by Crippen LogP contribution is -2.22. The van der Waals surface area contributed by atoms with Crippen LogP contribution in [0.25, 0.3) is 5.69 Å². The molecule has 96 valence electrons. The number of carboxylic acids is 1. The average Bonchev–Trinajstić information content (AvgIpc) is 2.73. The quantitative estimate of drug-likeness (QED) is 0.827. The SMILES string of the molecule is O=C(O)c1ncn2c1CNC(=O)c1c(Cl)cccc1-2. The maximum atomic E-state index is 12.0. The second-order valence-corrected chi connectivity index (χ2v) is 4.44. The zero-order chi connectivity index (χ0) is 13.6. The Kier molecular flexibility index (Phi) is 2.53. The minimum Gasteiger partial charge on any atom is -0.476 e. The molecule has 2 N–H and O–H groups in total. The van der Waals surface area contributed by atoms with Gasteiger partial charge in [0.25, 0.3) is 5.91 Å². The molecule has 1 aliphatic heterocycles. The van der Waals surface area contributed by atoms with Crippen LogP contribution in [0.2, 0.25) is 5.02 Å². The Bertz CT molecular complexity index is 708. The summed E-state index contributed by atoms with van der Waals surface area (Å²) in [4.78, 5) is 27.0. The molecule has 0 unspecified atom stereocenters. The highest BCUT2D eigenvalue weighted by Crippen LogP contribution is 2.27. The van der Waals surface area contributed by atoms with E-state index in [0.717, 1.165) is 0 Å². The number of rotatable bonds is 1. The molecular weight excluding hydrogens is 270 g/mol. The Balaban J connectivity index is 2.31. The zero-order valence-electron chi connectivity index (χ0n) is 9.55. The molecule has 3 rings (SSSR count). The normalized spacial score (nSPS) is 13.2. The van der Waals surface area contributed by atoms with Crippen LogP contribution in [-0.4, -0.2) is 26.5 Å². The summed E-state index contributed by atoms with van der Waals surface area (Å²) in [5.74, 6) is -1.46. The van der Waals surface area contributed by atoms with E-state index in [2.05, 4.69) is 10.3 Å². The van der Waals surface area contributed by atoms with Gasteiger partial charge in [-0.15, -0.1) is 0 Å². The highest BCUT2D eigenvalue weighted by molar-refractivity contribution is 6.34. The molecule has 2 heterocycles. The molecule has 6 nitrogen and oxygen atoms in total. The van der Waals surface area contributed by atoms with Crippen LogP contribution in [-0.2, 0) is 6.54 Å². The number of nitrogens with zero attached hydrogens (tertiary/aromatic N) is 2. The van der Waals surface area contributed by atoms with Gasteiger partial charge in [-0.1, -0.05) is 17.7 Å². The summed E-state index contributed by atoms with van der Waals surface area (Å²) in [6.45, 7) is 0.0888. The number of carboxylic acid groups (broad SMARTS) is 1. The van der Waals surface area contributed by atoms with E-state index < -0.39 is 5.97 Å². The standard InChI is InChI=1S/C12H8ClN3O3/c13-6-2-1-3-7-9(6)11(17)14-4-8-10(12(18)19)15-5-16(7)8/h1-3,5H,4H2,(H,14,17)(H,18,19). The summed E-state index contributed by atoms with van der Waals surface area (Å²) >= 11 is 6.03. The molecule has 0 aliphatic carbocycles. The number of amides is 1. The third-order valence-corrected chi connectivity index (χ3v) is 3.28. The van der Waals surface area contributed by atoms with Crippen molar-refractivity contribution < 1.29 is 14.7 Å². The van der Waals surface area contributed by atoms with Crippen LogP contribution in [0.5, 0.6) is 0 Å². The first kappa shape index (κ1) is 11.7. The smallest absolute Gasteiger partial charge is 0.356 e. The van der Waals surface area contributed by atoms with Crippen molar-refractivity contribution >= 4 is 23.5 Å². The van der Waals surface area contributed by atoms with E-state index in [1.165, 1.54) is 6.33 Å². The lowest BCUT2D eigenvalue weighted by molar-refractivity contribution is 0.0688. The third-order valence-electron chi connectivity index (χ3n) is 2.96. The Morgan fingerprint density at radius 2 is 2.26 bits per heavy atom. The Hall–Kier alpha value is -2.34. The minimum absolute atomic E-state index is 0.0758. The molecule has 7 heteroatoms. The molecule has 0 atom stereocenters. The lowest BCUT2D eigenvalue weighted by atomic mass is 10.1. The lowest BCUT2D eigenvalue weighted by Gasteiger charge is -2.08. The van der Waals surface area contributed by atoms with Crippen LogP contribution >= 0.6 is 11.6 Å². The molecule has 1 aromatic heterocycles. The molecule has 0 saturated carbocycles. The average molecular weight is 278 g/mol. The number of carbonyl (C=O) groups is 2. The van der Waals surface area contributed by atoms with Crippen molar-refractivity contribution in [1.29, 1.82) is 0 Å². The summed E-state index contributed by atoms with van der Waals surface area (Å²) in [6.07, 6.45) is 1.38. The van der Waals surface area contributed by atoms with Crippen LogP contribution in [0, 0.1) is 0 Å². The molecule has 0 radical (unpaired) electrons. The van der Waals surface area contributed by atoms with Crippen LogP contribution in [0.3, 0.4) is 0 Å². The predicted molar refractivity (Wildman–Crippen MR) is 66.7 cm³/mol. The number of hydrogen-bond donors (Lipinski definition) is 2. The molecule has 1 aliphatic rings. The van der Waals surface area contributed by atoms with Crippen LogP contribution in [0.15, 0.2) is 24.5 Å².